The van der Waals surface area contributed by atoms with Crippen LogP contribution in [-0.2, 0) is 43.3 Å². The van der Waals surface area contributed by atoms with E-state index in [0.717, 1.165) is 89.4 Å². The average Bonchev–Trinajstić information content (AvgIpc) is 4.17. The molecule has 4 heteroatoms. The molecule has 0 atom stereocenters. The predicted molar refractivity (Wildman–Crippen MR) is 350 cm³/mol. The lowest BCUT2D eigenvalue weighted by Gasteiger charge is -2.26. The molecule has 0 radical (unpaired) electrons. The van der Waals surface area contributed by atoms with Crippen LogP contribution in [0.4, 0.5) is 0 Å². The van der Waals surface area contributed by atoms with E-state index in [9.17, 15) is 0 Å². The van der Waals surface area contributed by atoms with Crippen molar-refractivity contribution in [2.75, 3.05) is 0 Å². The predicted octanol–water partition coefficient (Wildman–Crippen LogP) is 21.7. The van der Waals surface area contributed by atoms with Gasteiger partial charge in [-0.1, -0.05) is 239 Å². The number of aromatic nitrogens is 4. The van der Waals surface area contributed by atoms with Crippen molar-refractivity contribution >= 4 is 46.4 Å². The molecular formula is C76H94N4. The van der Waals surface area contributed by atoms with Gasteiger partial charge in [-0.05, 0) is 159 Å². The van der Waals surface area contributed by atoms with E-state index < -0.39 is 0 Å². The first kappa shape index (κ1) is 58.1. The normalized spacial score (nSPS) is 13.9. The maximum absolute atomic E-state index is 5.87. The summed E-state index contributed by atoms with van der Waals surface area (Å²) < 4.78 is 0. The van der Waals surface area contributed by atoms with Gasteiger partial charge in [-0.3, -0.25) is 0 Å². The van der Waals surface area contributed by atoms with Crippen LogP contribution in [-0.4, -0.2) is 19.9 Å². The van der Waals surface area contributed by atoms with Gasteiger partial charge in [-0.2, -0.15) is 0 Å². The molecule has 0 saturated heterocycles. The average molecular weight is 1060 g/mol. The third kappa shape index (κ3) is 11.8. The fourth-order valence-electron chi connectivity index (χ4n) is 11.0. The van der Waals surface area contributed by atoms with Gasteiger partial charge in [-0.15, -0.1) is 0 Å². The molecule has 0 spiro atoms. The highest BCUT2D eigenvalue weighted by atomic mass is 14.8. The smallest absolute Gasteiger partial charge is 0.0737 e. The fourth-order valence-corrected chi connectivity index (χ4v) is 11.0. The molecule has 2 N–H and O–H groups in total. The fraction of sp³-hybridized carbons (Fsp3) is 0.421. The summed E-state index contributed by atoms with van der Waals surface area (Å²) in [6.45, 7) is 55.8. The van der Waals surface area contributed by atoms with Crippen molar-refractivity contribution in [3.63, 3.8) is 0 Å². The first-order chi connectivity index (χ1) is 36.6. The Labute approximate surface area is 482 Å². The third-order valence-electron chi connectivity index (χ3n) is 16.6. The van der Waals surface area contributed by atoms with Gasteiger partial charge in [0.05, 0.1) is 22.8 Å². The van der Waals surface area contributed by atoms with E-state index in [1.807, 2.05) is 0 Å². The summed E-state index contributed by atoms with van der Waals surface area (Å²) in [7, 11) is 0. The second kappa shape index (κ2) is 19.6. The van der Waals surface area contributed by atoms with Crippen LogP contribution in [0.2, 0.25) is 0 Å². The topological polar surface area (TPSA) is 57.4 Å². The van der Waals surface area contributed by atoms with Crippen LogP contribution in [0, 0.1) is 0 Å². The summed E-state index contributed by atoms with van der Waals surface area (Å²) in [5, 5.41) is 0. The van der Waals surface area contributed by atoms with Crippen molar-refractivity contribution in [1.82, 2.24) is 19.9 Å². The minimum Gasteiger partial charge on any atom is -0.354 e. The molecule has 7 aromatic rings. The molecule has 418 valence electrons. The Bertz CT molecular complexity index is 3190. The Hall–Kier alpha value is -6.52. The van der Waals surface area contributed by atoms with Crippen molar-refractivity contribution in [3.05, 3.63) is 164 Å². The van der Waals surface area contributed by atoms with Crippen molar-refractivity contribution in [2.24, 2.45) is 0 Å². The first-order valence-corrected chi connectivity index (χ1v) is 29.5. The van der Waals surface area contributed by atoms with E-state index in [1.54, 1.807) is 0 Å². The molecular weight excluding hydrogens is 969 g/mol. The maximum atomic E-state index is 5.87. The summed E-state index contributed by atoms with van der Waals surface area (Å²) >= 11 is 0. The zero-order valence-corrected chi connectivity index (χ0v) is 53.4. The summed E-state index contributed by atoms with van der Waals surface area (Å²) in [5.41, 5.74) is 26.1. The minimum absolute atomic E-state index is 0.0985. The number of aromatic amines is 2. The highest BCUT2D eigenvalue weighted by molar-refractivity contribution is 6.00. The summed E-state index contributed by atoms with van der Waals surface area (Å²) in [6, 6.07) is 38.1. The second-order valence-electron chi connectivity index (χ2n) is 31.7. The van der Waals surface area contributed by atoms with Gasteiger partial charge < -0.3 is 9.97 Å². The SMILES string of the molecule is CC(C)(C)c1cc(-c2c3nc(c(-c4cc(C(C)(C)C)cc(C(C)(C)C)c4)c4ccc([nH]4)c(-c4cc(C(C)(C)C)cc(C(C)(C)C)c4)c4nc(c(-c5cc(C(C)(C)C)cc(C(C)(C)C)c5)c5ccc2[nH]5)C=C4)C=C3)cc(C(C)(C)C)c1. The molecule has 0 aliphatic carbocycles. The molecule has 4 nitrogen and oxygen atoms in total. The lowest BCUT2D eigenvalue weighted by Crippen LogP contribution is -2.16. The summed E-state index contributed by atoms with van der Waals surface area (Å²) in [4.78, 5) is 20.0. The molecule has 4 aromatic carbocycles. The molecule has 5 heterocycles. The van der Waals surface area contributed by atoms with Crippen LogP contribution in [0.3, 0.4) is 0 Å². The van der Waals surface area contributed by atoms with E-state index >= 15 is 0 Å². The van der Waals surface area contributed by atoms with Crippen LogP contribution in [0.1, 0.15) is 233 Å². The van der Waals surface area contributed by atoms with Crippen LogP contribution in [0.5, 0.6) is 0 Å². The summed E-state index contributed by atoms with van der Waals surface area (Å²) in [6.07, 6.45) is 9.03. The summed E-state index contributed by atoms with van der Waals surface area (Å²) in [5.74, 6) is 0. The zero-order chi connectivity index (χ0) is 58.8. The second-order valence-corrected chi connectivity index (χ2v) is 31.7. The van der Waals surface area contributed by atoms with E-state index in [2.05, 4.69) is 298 Å². The highest BCUT2D eigenvalue weighted by Crippen LogP contribution is 2.45. The van der Waals surface area contributed by atoms with Crippen LogP contribution < -0.4 is 0 Å². The standard InChI is InChI=1S/C76H94N4/c1-69(2,3)49-33-45(34-50(41-49)70(4,5)6)65-57-25-27-59(77-57)66(46-35-51(71(7,8)9)42-52(36-46)72(10,11)12)61-29-31-63(79-61)68(48-39-55(75(19,20)21)44-56(40-48)76(22,23)24)64-32-30-62(80-64)67(60-28-26-58(65)78-60)47-37-53(73(13,14)15)43-54(38-47)74(16,17)18/h25-44,77,80H,1-24H3. The number of nitrogens with zero attached hydrogens (tertiary/aromatic N) is 2. The Morgan fingerprint density at radius 2 is 0.375 bits per heavy atom. The van der Waals surface area contributed by atoms with Gasteiger partial charge in [0.1, 0.15) is 0 Å². The molecule has 3 aromatic heterocycles. The molecule has 9 rings (SSSR count). The Kier molecular flexibility index (Phi) is 14.2. The van der Waals surface area contributed by atoms with E-state index in [4.69, 9.17) is 9.97 Å². The molecule has 2 aliphatic heterocycles. The lowest BCUT2D eigenvalue weighted by atomic mass is 9.78. The maximum Gasteiger partial charge on any atom is 0.0737 e. The first-order valence-electron chi connectivity index (χ1n) is 29.5. The third-order valence-corrected chi connectivity index (χ3v) is 16.6. The van der Waals surface area contributed by atoms with Gasteiger partial charge in [0, 0.05) is 44.3 Å². The van der Waals surface area contributed by atoms with Gasteiger partial charge >= 0.3 is 0 Å². The van der Waals surface area contributed by atoms with Crippen molar-refractivity contribution in [3.8, 4) is 44.5 Å². The molecule has 2 aliphatic rings. The number of fused-ring (bicyclic) bond motifs is 8. The van der Waals surface area contributed by atoms with Crippen molar-refractivity contribution in [1.29, 1.82) is 0 Å². The largest absolute Gasteiger partial charge is 0.354 e. The number of H-pyrrole nitrogens is 2. The molecule has 0 saturated carbocycles. The van der Waals surface area contributed by atoms with Gasteiger partial charge in [0.15, 0.2) is 0 Å². The van der Waals surface area contributed by atoms with Crippen LogP contribution >= 0.6 is 0 Å². The molecule has 8 bridgehead atoms. The Morgan fingerprint density at radius 1 is 0.225 bits per heavy atom. The quantitative estimate of drug-likeness (QED) is 0.185. The number of nitrogens with one attached hydrogen (secondary N) is 2. The highest BCUT2D eigenvalue weighted by Gasteiger charge is 2.29. The van der Waals surface area contributed by atoms with Crippen LogP contribution in [0.15, 0.2) is 97.1 Å². The van der Waals surface area contributed by atoms with E-state index in [0.29, 0.717) is 0 Å². The zero-order valence-electron chi connectivity index (χ0n) is 53.4. The van der Waals surface area contributed by atoms with Gasteiger partial charge in [0.25, 0.3) is 0 Å². The molecule has 0 amide bonds. The molecule has 0 fully saturated rings. The van der Waals surface area contributed by atoms with Crippen LogP contribution in [0.25, 0.3) is 90.9 Å². The number of benzene rings is 4. The molecule has 80 heavy (non-hydrogen) atoms. The van der Waals surface area contributed by atoms with E-state index in [1.165, 1.54) is 44.5 Å². The monoisotopic (exact) mass is 1060 g/mol. The lowest BCUT2D eigenvalue weighted by molar-refractivity contribution is 0.568. The minimum atomic E-state index is -0.0985. The van der Waals surface area contributed by atoms with Gasteiger partial charge in [-0.25, -0.2) is 9.97 Å². The van der Waals surface area contributed by atoms with Crippen molar-refractivity contribution < 1.29 is 0 Å². The number of hydrogen-bond donors (Lipinski definition) is 2. The Morgan fingerprint density at radius 3 is 0.512 bits per heavy atom. The van der Waals surface area contributed by atoms with E-state index in [-0.39, 0.29) is 43.3 Å². The number of rotatable bonds is 4. The van der Waals surface area contributed by atoms with Gasteiger partial charge in [0.2, 0.25) is 0 Å². The Balaban J connectivity index is 1.56. The number of hydrogen-bond acceptors (Lipinski definition) is 2. The molecule has 0 unspecified atom stereocenters. The van der Waals surface area contributed by atoms with Crippen molar-refractivity contribution in [2.45, 2.75) is 209 Å².